The molecule has 1 amide bonds. The average Bonchev–Trinajstić information content (AvgIpc) is 3.50. The largest absolute Gasteiger partial charge is 0.445 e. The number of carbonyl (C=O) groups excluding carboxylic acids is 1. The molecule has 0 radical (unpaired) electrons. The number of hydrogen-bond acceptors (Lipinski definition) is 7. The van der Waals surface area contributed by atoms with Gasteiger partial charge in [-0.05, 0) is 72.9 Å². The van der Waals surface area contributed by atoms with E-state index in [9.17, 15) is 23.3 Å². The molecule has 0 bridgehead atoms. The Labute approximate surface area is 271 Å². The van der Waals surface area contributed by atoms with Gasteiger partial charge in [0.25, 0.3) is 5.69 Å². The van der Waals surface area contributed by atoms with Crippen molar-refractivity contribution in [2.24, 2.45) is 5.92 Å². The number of hydrogen-bond donors (Lipinski definition) is 0. The van der Waals surface area contributed by atoms with Crippen LogP contribution in [-0.2, 0) is 21.4 Å². The highest BCUT2D eigenvalue weighted by molar-refractivity contribution is 7.89. The van der Waals surface area contributed by atoms with E-state index in [2.05, 4.69) is 23.6 Å². The topological polar surface area (TPSA) is 113 Å². The quantitative estimate of drug-likeness (QED) is 0.133. The standard InChI is InChI=1S/C35H42N4O6S/c1-3-20-38(35(40)45-26-27-14-16-31(17-15-27)39(41)42)30-18-21-37(22-19-30)25-29-23-32(24-34(29)28-10-6-4-7-11-28)36(2)46(43,44)33-12-8-5-9-13-33/h3-17,29-30,32,34H,1,18-26H2,2H3. The summed E-state index contributed by atoms with van der Waals surface area (Å²) in [5.74, 6) is 0.525. The first-order valence-electron chi connectivity index (χ1n) is 15.8. The highest BCUT2D eigenvalue weighted by atomic mass is 32.2. The van der Waals surface area contributed by atoms with Crippen LogP contribution in [0.2, 0.25) is 0 Å². The first-order chi connectivity index (χ1) is 22.2. The number of ether oxygens (including phenoxy) is 1. The smallest absolute Gasteiger partial charge is 0.410 e. The molecule has 46 heavy (non-hydrogen) atoms. The number of likely N-dealkylation sites (tertiary alicyclic amines) is 1. The number of carbonyl (C=O) groups is 1. The van der Waals surface area contributed by atoms with Crippen LogP contribution in [0.4, 0.5) is 10.5 Å². The van der Waals surface area contributed by atoms with E-state index < -0.39 is 21.0 Å². The molecular formula is C35H42N4O6S. The number of nitrogens with zero attached hydrogens (tertiary/aromatic N) is 4. The third-order valence-electron chi connectivity index (χ3n) is 9.39. The molecule has 5 rings (SSSR count). The van der Waals surface area contributed by atoms with Crippen LogP contribution in [0, 0.1) is 16.0 Å². The lowest BCUT2D eigenvalue weighted by Gasteiger charge is -2.39. The van der Waals surface area contributed by atoms with E-state index in [4.69, 9.17) is 4.74 Å². The lowest BCUT2D eigenvalue weighted by atomic mass is 9.88. The van der Waals surface area contributed by atoms with Crippen molar-refractivity contribution in [3.8, 4) is 0 Å². The van der Waals surface area contributed by atoms with Crippen molar-refractivity contribution >= 4 is 21.8 Å². The number of non-ortho nitro benzene ring substituents is 1. The van der Waals surface area contributed by atoms with Crippen LogP contribution in [-0.4, -0.2) is 78.8 Å². The van der Waals surface area contributed by atoms with Gasteiger partial charge in [-0.3, -0.25) is 10.1 Å². The van der Waals surface area contributed by atoms with Crippen LogP contribution < -0.4 is 0 Å². The van der Waals surface area contributed by atoms with Gasteiger partial charge < -0.3 is 14.5 Å². The summed E-state index contributed by atoms with van der Waals surface area (Å²) in [4.78, 5) is 28.0. The predicted molar refractivity (Wildman–Crippen MR) is 177 cm³/mol. The van der Waals surface area contributed by atoms with Gasteiger partial charge in [-0.2, -0.15) is 4.31 Å². The van der Waals surface area contributed by atoms with Crippen molar-refractivity contribution < 1.29 is 22.9 Å². The molecule has 0 spiro atoms. The molecule has 1 saturated carbocycles. The second-order valence-electron chi connectivity index (χ2n) is 12.2. The normalized spacial score (nSPS) is 20.8. The molecule has 3 aromatic rings. The minimum absolute atomic E-state index is 0.00186. The van der Waals surface area contributed by atoms with E-state index in [1.807, 2.05) is 24.3 Å². The second kappa shape index (κ2) is 15.0. The molecule has 11 heteroatoms. The summed E-state index contributed by atoms with van der Waals surface area (Å²) < 4.78 is 34.1. The van der Waals surface area contributed by atoms with Gasteiger partial charge in [-0.15, -0.1) is 6.58 Å². The molecule has 10 nitrogen and oxygen atoms in total. The van der Waals surface area contributed by atoms with Crippen LogP contribution in [0.1, 0.15) is 42.7 Å². The Bertz CT molecular complexity index is 1580. The van der Waals surface area contributed by atoms with Gasteiger partial charge in [0.2, 0.25) is 10.0 Å². The fourth-order valence-corrected chi connectivity index (χ4v) is 8.25. The Balaban J connectivity index is 1.20. The zero-order valence-electron chi connectivity index (χ0n) is 26.2. The van der Waals surface area contributed by atoms with Crippen molar-refractivity contribution in [3.05, 3.63) is 119 Å². The van der Waals surface area contributed by atoms with Crippen molar-refractivity contribution in [2.75, 3.05) is 33.2 Å². The van der Waals surface area contributed by atoms with Crippen molar-refractivity contribution in [1.82, 2.24) is 14.1 Å². The van der Waals surface area contributed by atoms with Crippen molar-refractivity contribution in [2.45, 2.75) is 55.2 Å². The third-order valence-corrected chi connectivity index (χ3v) is 11.3. The summed E-state index contributed by atoms with van der Waals surface area (Å²) in [6, 6.07) is 24.9. The minimum atomic E-state index is -3.61. The van der Waals surface area contributed by atoms with Gasteiger partial charge in [0.05, 0.1) is 9.82 Å². The molecule has 3 unspecified atom stereocenters. The molecule has 1 aliphatic carbocycles. The van der Waals surface area contributed by atoms with Gasteiger partial charge >= 0.3 is 6.09 Å². The van der Waals surface area contributed by atoms with E-state index in [0.717, 1.165) is 45.3 Å². The average molecular weight is 647 g/mol. The maximum atomic E-state index is 13.5. The van der Waals surface area contributed by atoms with Gasteiger partial charge in [0.15, 0.2) is 0 Å². The van der Waals surface area contributed by atoms with Crippen LogP contribution in [0.3, 0.4) is 0 Å². The Hall–Kier alpha value is -4.06. The minimum Gasteiger partial charge on any atom is -0.445 e. The van der Waals surface area contributed by atoms with E-state index in [-0.39, 0.29) is 36.2 Å². The number of benzene rings is 3. The van der Waals surface area contributed by atoms with E-state index >= 15 is 0 Å². The Morgan fingerprint density at radius 3 is 2.22 bits per heavy atom. The molecule has 2 fully saturated rings. The van der Waals surface area contributed by atoms with Gasteiger partial charge in [0, 0.05) is 57.4 Å². The van der Waals surface area contributed by atoms with Crippen LogP contribution in [0.15, 0.2) is 102 Å². The number of sulfonamides is 1. The van der Waals surface area contributed by atoms with Crippen molar-refractivity contribution in [3.63, 3.8) is 0 Å². The fourth-order valence-electron chi connectivity index (χ4n) is 6.86. The Morgan fingerprint density at radius 1 is 0.978 bits per heavy atom. The zero-order chi connectivity index (χ0) is 32.7. The summed E-state index contributed by atoms with van der Waals surface area (Å²) in [7, 11) is -1.90. The van der Waals surface area contributed by atoms with Crippen LogP contribution >= 0.6 is 0 Å². The Kier molecular flexibility index (Phi) is 10.9. The number of piperidine rings is 1. The summed E-state index contributed by atoms with van der Waals surface area (Å²) in [5.41, 5.74) is 1.91. The molecule has 1 saturated heterocycles. The first-order valence-corrected chi connectivity index (χ1v) is 17.2. The number of amides is 1. The first kappa shape index (κ1) is 33.3. The van der Waals surface area contributed by atoms with Crippen molar-refractivity contribution in [1.29, 1.82) is 0 Å². The molecule has 0 N–H and O–H groups in total. The molecule has 1 aliphatic heterocycles. The fraction of sp³-hybridized carbons (Fsp3) is 0.400. The lowest BCUT2D eigenvalue weighted by Crippen LogP contribution is -2.48. The maximum absolute atomic E-state index is 13.5. The summed E-state index contributed by atoms with van der Waals surface area (Å²) in [6.07, 6.45) is 4.38. The summed E-state index contributed by atoms with van der Waals surface area (Å²) in [6.45, 7) is 6.71. The molecule has 244 valence electrons. The molecule has 0 aromatic heterocycles. The van der Waals surface area contributed by atoms with Gasteiger partial charge in [-0.1, -0.05) is 54.6 Å². The van der Waals surface area contributed by atoms with E-state index in [0.29, 0.717) is 17.0 Å². The molecular weight excluding hydrogens is 604 g/mol. The van der Waals surface area contributed by atoms with Gasteiger partial charge in [-0.25, -0.2) is 13.2 Å². The number of nitro groups is 1. The van der Waals surface area contributed by atoms with E-state index in [1.165, 1.54) is 17.7 Å². The Morgan fingerprint density at radius 2 is 1.61 bits per heavy atom. The second-order valence-corrected chi connectivity index (χ2v) is 14.2. The van der Waals surface area contributed by atoms with Gasteiger partial charge in [0.1, 0.15) is 6.61 Å². The summed E-state index contributed by atoms with van der Waals surface area (Å²) in [5, 5.41) is 10.9. The van der Waals surface area contributed by atoms with Crippen LogP contribution in [0.5, 0.6) is 0 Å². The number of nitro benzene ring substituents is 1. The molecule has 1 heterocycles. The molecule has 2 aliphatic rings. The molecule has 3 atom stereocenters. The number of rotatable bonds is 12. The molecule has 3 aromatic carbocycles. The predicted octanol–water partition coefficient (Wildman–Crippen LogP) is 6.07. The third kappa shape index (κ3) is 7.83. The maximum Gasteiger partial charge on any atom is 0.410 e. The highest BCUT2D eigenvalue weighted by Gasteiger charge is 2.41. The van der Waals surface area contributed by atoms with Crippen LogP contribution in [0.25, 0.3) is 0 Å². The lowest BCUT2D eigenvalue weighted by molar-refractivity contribution is -0.384. The monoisotopic (exact) mass is 646 g/mol. The van der Waals surface area contributed by atoms with E-state index in [1.54, 1.807) is 58.7 Å². The summed E-state index contributed by atoms with van der Waals surface area (Å²) >= 11 is 0. The zero-order valence-corrected chi connectivity index (χ0v) is 27.0. The SMILES string of the molecule is C=CCN(C(=O)OCc1ccc([N+](=O)[O-])cc1)C1CCN(CC2CC(N(C)S(=O)(=O)c3ccccc3)CC2c2ccccc2)CC1. The highest BCUT2D eigenvalue weighted by Crippen LogP contribution is 2.43.